The SMILES string of the molecule is Cn1ccc(NC(=O)c2nc(C3CC3)ccc2N)n1. The summed E-state index contributed by atoms with van der Waals surface area (Å²) in [6.07, 6.45) is 4.03. The molecule has 1 aliphatic carbocycles. The van der Waals surface area contributed by atoms with Crippen molar-refractivity contribution in [3.8, 4) is 0 Å². The molecule has 1 saturated carbocycles. The smallest absolute Gasteiger partial charge is 0.277 e. The number of carbonyl (C=O) groups excluding carboxylic acids is 1. The summed E-state index contributed by atoms with van der Waals surface area (Å²) in [4.78, 5) is 16.5. The number of amides is 1. The van der Waals surface area contributed by atoms with Gasteiger partial charge in [-0.2, -0.15) is 5.10 Å². The van der Waals surface area contributed by atoms with Gasteiger partial charge in [-0.3, -0.25) is 9.48 Å². The molecule has 3 N–H and O–H groups in total. The Morgan fingerprint density at radius 2 is 2.21 bits per heavy atom. The van der Waals surface area contributed by atoms with Crippen LogP contribution in [0.5, 0.6) is 0 Å². The van der Waals surface area contributed by atoms with E-state index in [1.165, 1.54) is 0 Å². The van der Waals surface area contributed by atoms with E-state index in [2.05, 4.69) is 15.4 Å². The lowest BCUT2D eigenvalue weighted by atomic mass is 10.2. The predicted molar refractivity (Wildman–Crippen MR) is 71.8 cm³/mol. The Bertz CT molecular complexity index is 630. The molecule has 1 aliphatic rings. The lowest BCUT2D eigenvalue weighted by molar-refractivity contribution is 0.102. The third kappa shape index (κ3) is 2.42. The van der Waals surface area contributed by atoms with E-state index in [4.69, 9.17) is 5.73 Å². The highest BCUT2D eigenvalue weighted by molar-refractivity contribution is 6.05. The van der Waals surface area contributed by atoms with E-state index < -0.39 is 0 Å². The number of hydrogen-bond acceptors (Lipinski definition) is 4. The first-order valence-corrected chi connectivity index (χ1v) is 6.21. The predicted octanol–water partition coefficient (Wildman–Crippen LogP) is 1.53. The monoisotopic (exact) mass is 257 g/mol. The van der Waals surface area contributed by atoms with Gasteiger partial charge < -0.3 is 11.1 Å². The molecule has 0 unspecified atom stereocenters. The Balaban J connectivity index is 1.84. The van der Waals surface area contributed by atoms with Crippen LogP contribution in [0.2, 0.25) is 0 Å². The van der Waals surface area contributed by atoms with Crippen molar-refractivity contribution in [1.82, 2.24) is 14.8 Å². The highest BCUT2D eigenvalue weighted by Crippen LogP contribution is 2.39. The lowest BCUT2D eigenvalue weighted by Crippen LogP contribution is -2.17. The minimum absolute atomic E-state index is 0.273. The molecule has 2 aromatic heterocycles. The average molecular weight is 257 g/mol. The van der Waals surface area contributed by atoms with Crippen molar-refractivity contribution < 1.29 is 4.79 Å². The van der Waals surface area contributed by atoms with E-state index in [1.807, 2.05) is 6.07 Å². The minimum Gasteiger partial charge on any atom is -0.397 e. The molecule has 2 aromatic rings. The first-order chi connectivity index (χ1) is 9.13. The summed E-state index contributed by atoms with van der Waals surface area (Å²) >= 11 is 0. The maximum absolute atomic E-state index is 12.1. The summed E-state index contributed by atoms with van der Waals surface area (Å²) < 4.78 is 1.62. The number of nitrogen functional groups attached to an aromatic ring is 1. The molecule has 0 saturated heterocycles. The van der Waals surface area contributed by atoms with Crippen molar-refractivity contribution in [3.05, 3.63) is 35.8 Å². The topological polar surface area (TPSA) is 85.8 Å². The van der Waals surface area contributed by atoms with E-state index >= 15 is 0 Å². The van der Waals surface area contributed by atoms with Crippen LogP contribution in [-0.4, -0.2) is 20.7 Å². The van der Waals surface area contributed by atoms with Gasteiger partial charge in [0.2, 0.25) is 0 Å². The van der Waals surface area contributed by atoms with Crippen molar-refractivity contribution >= 4 is 17.4 Å². The molecular weight excluding hydrogens is 242 g/mol. The van der Waals surface area contributed by atoms with Crippen LogP contribution in [0.25, 0.3) is 0 Å². The zero-order valence-corrected chi connectivity index (χ0v) is 10.6. The summed E-state index contributed by atoms with van der Waals surface area (Å²) in [7, 11) is 1.79. The van der Waals surface area contributed by atoms with Gasteiger partial charge in [-0.25, -0.2) is 4.98 Å². The van der Waals surface area contributed by atoms with E-state index in [0.717, 1.165) is 18.5 Å². The molecule has 2 heterocycles. The number of nitrogens with one attached hydrogen (secondary N) is 1. The van der Waals surface area contributed by atoms with Gasteiger partial charge in [0.25, 0.3) is 5.91 Å². The van der Waals surface area contributed by atoms with Crippen LogP contribution >= 0.6 is 0 Å². The Morgan fingerprint density at radius 3 is 2.84 bits per heavy atom. The third-order valence-corrected chi connectivity index (χ3v) is 3.11. The quantitative estimate of drug-likeness (QED) is 0.873. The molecule has 1 fully saturated rings. The highest BCUT2D eigenvalue weighted by atomic mass is 16.2. The van der Waals surface area contributed by atoms with Crippen molar-refractivity contribution in [3.63, 3.8) is 0 Å². The van der Waals surface area contributed by atoms with Crippen LogP contribution in [-0.2, 0) is 7.05 Å². The molecular formula is C13H15N5O. The molecule has 19 heavy (non-hydrogen) atoms. The van der Waals surface area contributed by atoms with Gasteiger partial charge in [-0.15, -0.1) is 0 Å². The van der Waals surface area contributed by atoms with Gasteiger partial charge >= 0.3 is 0 Å². The van der Waals surface area contributed by atoms with Crippen LogP contribution in [0, 0.1) is 0 Å². The van der Waals surface area contributed by atoms with Gasteiger partial charge in [-0.05, 0) is 25.0 Å². The first kappa shape index (κ1) is 11.7. The molecule has 0 aromatic carbocycles. The standard InChI is InChI=1S/C13H15N5O/c1-18-7-6-11(17-18)16-13(19)12-9(14)4-5-10(15-12)8-2-3-8/h4-8H,2-3,14H2,1H3,(H,16,17,19). The van der Waals surface area contributed by atoms with Crippen molar-refractivity contribution in [2.24, 2.45) is 7.05 Å². The van der Waals surface area contributed by atoms with E-state index in [9.17, 15) is 4.79 Å². The third-order valence-electron chi connectivity index (χ3n) is 3.11. The Morgan fingerprint density at radius 1 is 1.42 bits per heavy atom. The Labute approximate surface area is 110 Å². The number of pyridine rings is 1. The van der Waals surface area contributed by atoms with Gasteiger partial charge in [0.15, 0.2) is 11.5 Å². The number of hydrogen-bond donors (Lipinski definition) is 2. The van der Waals surface area contributed by atoms with Crippen LogP contribution in [0.15, 0.2) is 24.4 Å². The molecule has 1 amide bonds. The average Bonchev–Trinajstić information content (AvgIpc) is 3.14. The molecule has 0 spiro atoms. The van der Waals surface area contributed by atoms with Gasteiger partial charge in [0.05, 0.1) is 5.69 Å². The van der Waals surface area contributed by atoms with Crippen LogP contribution < -0.4 is 11.1 Å². The first-order valence-electron chi connectivity index (χ1n) is 6.21. The fraction of sp³-hybridized carbons (Fsp3) is 0.308. The number of carbonyl (C=O) groups is 1. The van der Waals surface area contributed by atoms with Crippen molar-refractivity contribution in [2.45, 2.75) is 18.8 Å². The zero-order valence-electron chi connectivity index (χ0n) is 10.6. The fourth-order valence-electron chi connectivity index (χ4n) is 1.93. The van der Waals surface area contributed by atoms with Crippen molar-refractivity contribution in [1.29, 1.82) is 0 Å². The number of anilines is 2. The van der Waals surface area contributed by atoms with E-state index in [1.54, 1.807) is 30.1 Å². The second-order valence-corrected chi connectivity index (χ2v) is 4.78. The van der Waals surface area contributed by atoms with Crippen LogP contribution in [0.4, 0.5) is 11.5 Å². The summed E-state index contributed by atoms with van der Waals surface area (Å²) in [5.74, 6) is 0.659. The van der Waals surface area contributed by atoms with Crippen LogP contribution in [0.3, 0.4) is 0 Å². The maximum Gasteiger partial charge on any atom is 0.277 e. The molecule has 0 aliphatic heterocycles. The fourth-order valence-corrected chi connectivity index (χ4v) is 1.93. The van der Waals surface area contributed by atoms with Gasteiger partial charge in [0, 0.05) is 30.9 Å². The molecule has 6 heteroatoms. The lowest BCUT2D eigenvalue weighted by Gasteiger charge is -2.06. The summed E-state index contributed by atoms with van der Waals surface area (Å²) in [6.45, 7) is 0. The summed E-state index contributed by atoms with van der Waals surface area (Å²) in [6, 6.07) is 5.36. The van der Waals surface area contributed by atoms with E-state index in [-0.39, 0.29) is 11.6 Å². The van der Waals surface area contributed by atoms with Gasteiger partial charge in [-0.1, -0.05) is 0 Å². The van der Waals surface area contributed by atoms with Gasteiger partial charge in [0.1, 0.15) is 0 Å². The normalized spacial score (nSPS) is 14.4. The number of nitrogens with zero attached hydrogens (tertiary/aromatic N) is 3. The van der Waals surface area contributed by atoms with Crippen molar-refractivity contribution in [2.75, 3.05) is 11.1 Å². The minimum atomic E-state index is -0.321. The molecule has 3 rings (SSSR count). The molecule has 0 atom stereocenters. The zero-order chi connectivity index (χ0) is 13.4. The Kier molecular flexibility index (Phi) is 2.70. The number of aryl methyl sites for hydroxylation is 1. The maximum atomic E-state index is 12.1. The molecule has 0 bridgehead atoms. The summed E-state index contributed by atoms with van der Waals surface area (Å²) in [5.41, 5.74) is 7.43. The number of nitrogens with two attached hydrogens (primary N) is 1. The number of rotatable bonds is 3. The second-order valence-electron chi connectivity index (χ2n) is 4.78. The second kappa shape index (κ2) is 4.38. The van der Waals surface area contributed by atoms with E-state index in [0.29, 0.717) is 17.4 Å². The summed E-state index contributed by atoms with van der Waals surface area (Å²) in [5, 5.41) is 6.78. The Hall–Kier alpha value is -2.37. The molecule has 98 valence electrons. The largest absolute Gasteiger partial charge is 0.397 e. The van der Waals surface area contributed by atoms with Crippen LogP contribution in [0.1, 0.15) is 34.9 Å². The number of aromatic nitrogens is 3. The highest BCUT2D eigenvalue weighted by Gasteiger charge is 2.26. The molecule has 6 nitrogen and oxygen atoms in total. The molecule has 0 radical (unpaired) electrons.